The van der Waals surface area contributed by atoms with Gasteiger partial charge in [0, 0.05) is 15.6 Å². The molecular weight excluding hydrogens is 364 g/mol. The van der Waals surface area contributed by atoms with E-state index in [0.29, 0.717) is 22.6 Å². The second kappa shape index (κ2) is 7.78. The van der Waals surface area contributed by atoms with E-state index in [-0.39, 0.29) is 6.61 Å². The van der Waals surface area contributed by atoms with Gasteiger partial charge in [-0.2, -0.15) is 0 Å². The van der Waals surface area contributed by atoms with Crippen LogP contribution >= 0.6 is 15.9 Å². The first-order valence-corrected chi connectivity index (χ1v) is 7.51. The lowest BCUT2D eigenvalue weighted by Gasteiger charge is -2.12. The highest BCUT2D eigenvalue weighted by Gasteiger charge is 2.12. The highest BCUT2D eigenvalue weighted by Crippen LogP contribution is 2.33. The molecule has 0 aromatic heterocycles. The van der Waals surface area contributed by atoms with Crippen LogP contribution < -0.4 is 9.47 Å². The molecule has 0 heterocycles. The number of carbonyl (C=O) groups excluding carboxylic acids is 2. The standard InChI is InChI=1S/C17H15BrO5/c1-21-15-7-13(14(18)8-16(15)22-2)10-23-17(20)12-5-3-11(9-19)4-6-12/h3-9H,10H2,1-2H3. The predicted octanol–water partition coefficient (Wildman–Crippen LogP) is 3.64. The average molecular weight is 379 g/mol. The topological polar surface area (TPSA) is 61.8 Å². The van der Waals surface area contributed by atoms with Crippen molar-refractivity contribution in [2.75, 3.05) is 14.2 Å². The molecule has 2 aromatic rings. The van der Waals surface area contributed by atoms with Crippen LogP contribution in [0.15, 0.2) is 40.9 Å². The first-order valence-electron chi connectivity index (χ1n) is 6.71. The molecule has 0 atom stereocenters. The molecule has 0 spiro atoms. The first kappa shape index (κ1) is 17.0. The van der Waals surface area contributed by atoms with Gasteiger partial charge in [0.05, 0.1) is 19.8 Å². The summed E-state index contributed by atoms with van der Waals surface area (Å²) in [5, 5.41) is 0. The van der Waals surface area contributed by atoms with Gasteiger partial charge in [-0.1, -0.05) is 28.1 Å². The van der Waals surface area contributed by atoms with Crippen molar-refractivity contribution >= 4 is 28.2 Å². The molecule has 0 bridgehead atoms. The quantitative estimate of drug-likeness (QED) is 0.567. The monoisotopic (exact) mass is 378 g/mol. The van der Waals surface area contributed by atoms with Crippen molar-refractivity contribution in [3.8, 4) is 11.5 Å². The first-order chi connectivity index (χ1) is 11.1. The van der Waals surface area contributed by atoms with Crippen molar-refractivity contribution in [2.24, 2.45) is 0 Å². The lowest BCUT2D eigenvalue weighted by atomic mass is 10.1. The van der Waals surface area contributed by atoms with Crippen molar-refractivity contribution < 1.29 is 23.8 Å². The maximum Gasteiger partial charge on any atom is 0.338 e. The summed E-state index contributed by atoms with van der Waals surface area (Å²) in [4.78, 5) is 22.6. The Balaban J connectivity index is 2.10. The summed E-state index contributed by atoms with van der Waals surface area (Å²) in [6.07, 6.45) is 0.718. The molecule has 2 aromatic carbocycles. The summed E-state index contributed by atoms with van der Waals surface area (Å²) in [7, 11) is 3.09. The second-order valence-electron chi connectivity index (χ2n) is 4.61. The van der Waals surface area contributed by atoms with Crippen molar-refractivity contribution in [2.45, 2.75) is 6.61 Å². The van der Waals surface area contributed by atoms with E-state index in [0.717, 1.165) is 16.3 Å². The van der Waals surface area contributed by atoms with Crippen molar-refractivity contribution in [3.63, 3.8) is 0 Å². The number of hydrogen-bond acceptors (Lipinski definition) is 5. The molecule has 0 amide bonds. The molecule has 0 N–H and O–H groups in total. The van der Waals surface area contributed by atoms with E-state index >= 15 is 0 Å². The smallest absolute Gasteiger partial charge is 0.338 e. The molecule has 5 nitrogen and oxygen atoms in total. The Kier molecular flexibility index (Phi) is 5.76. The minimum atomic E-state index is -0.468. The number of esters is 1. The van der Waals surface area contributed by atoms with E-state index in [4.69, 9.17) is 14.2 Å². The van der Waals surface area contributed by atoms with Gasteiger partial charge >= 0.3 is 5.97 Å². The van der Waals surface area contributed by atoms with Gasteiger partial charge in [-0.05, 0) is 24.3 Å². The van der Waals surface area contributed by atoms with Crippen LogP contribution in [0.5, 0.6) is 11.5 Å². The third-order valence-corrected chi connectivity index (χ3v) is 3.93. The van der Waals surface area contributed by atoms with E-state index in [1.807, 2.05) is 0 Å². The Labute approximate surface area is 142 Å². The predicted molar refractivity (Wildman–Crippen MR) is 88.2 cm³/mol. The number of ether oxygens (including phenoxy) is 3. The summed E-state index contributed by atoms with van der Waals surface area (Å²) >= 11 is 3.41. The molecule has 2 rings (SSSR count). The summed E-state index contributed by atoms with van der Waals surface area (Å²) < 4.78 is 16.5. The van der Waals surface area contributed by atoms with Crippen LogP contribution in [0.4, 0.5) is 0 Å². The van der Waals surface area contributed by atoms with Crippen LogP contribution in [-0.4, -0.2) is 26.5 Å². The molecule has 0 saturated heterocycles. The van der Waals surface area contributed by atoms with Gasteiger partial charge in [-0.3, -0.25) is 4.79 Å². The van der Waals surface area contributed by atoms with Crippen LogP contribution in [0.1, 0.15) is 26.3 Å². The number of benzene rings is 2. The molecule has 6 heteroatoms. The number of carbonyl (C=O) groups is 2. The van der Waals surface area contributed by atoms with Gasteiger partial charge in [0.25, 0.3) is 0 Å². The van der Waals surface area contributed by atoms with Crippen LogP contribution in [-0.2, 0) is 11.3 Å². The molecule has 120 valence electrons. The summed E-state index contributed by atoms with van der Waals surface area (Å²) in [6, 6.07) is 9.73. The lowest BCUT2D eigenvalue weighted by molar-refractivity contribution is 0.0471. The molecule has 0 fully saturated rings. The molecule has 0 saturated carbocycles. The molecular formula is C17H15BrO5. The Morgan fingerprint density at radius 1 is 1.09 bits per heavy atom. The second-order valence-corrected chi connectivity index (χ2v) is 5.47. The van der Waals surface area contributed by atoms with Gasteiger partial charge < -0.3 is 14.2 Å². The molecule has 23 heavy (non-hydrogen) atoms. The largest absolute Gasteiger partial charge is 0.493 e. The summed E-state index contributed by atoms with van der Waals surface area (Å²) in [5.74, 6) is 0.667. The molecule has 0 radical (unpaired) electrons. The van der Waals surface area contributed by atoms with E-state index in [2.05, 4.69) is 15.9 Å². The summed E-state index contributed by atoms with van der Waals surface area (Å²) in [5.41, 5.74) is 1.64. The van der Waals surface area contributed by atoms with Crippen LogP contribution in [0.2, 0.25) is 0 Å². The minimum absolute atomic E-state index is 0.0786. The van der Waals surface area contributed by atoms with Gasteiger partial charge in [-0.25, -0.2) is 4.79 Å². The highest BCUT2D eigenvalue weighted by molar-refractivity contribution is 9.10. The SMILES string of the molecule is COc1cc(Br)c(COC(=O)c2ccc(C=O)cc2)cc1OC. The third kappa shape index (κ3) is 4.10. The van der Waals surface area contributed by atoms with Crippen LogP contribution in [0.25, 0.3) is 0 Å². The van der Waals surface area contributed by atoms with E-state index in [9.17, 15) is 9.59 Å². The zero-order valence-electron chi connectivity index (χ0n) is 12.7. The molecule has 0 aliphatic carbocycles. The third-order valence-electron chi connectivity index (χ3n) is 3.19. The van der Waals surface area contributed by atoms with Gasteiger partial charge in [0.15, 0.2) is 11.5 Å². The highest BCUT2D eigenvalue weighted by atomic mass is 79.9. The van der Waals surface area contributed by atoms with E-state index in [1.165, 1.54) is 7.11 Å². The van der Waals surface area contributed by atoms with E-state index in [1.54, 1.807) is 43.5 Å². The number of rotatable bonds is 6. The zero-order valence-corrected chi connectivity index (χ0v) is 14.3. The average Bonchev–Trinajstić information content (AvgIpc) is 2.60. The van der Waals surface area contributed by atoms with Crippen molar-refractivity contribution in [3.05, 3.63) is 57.6 Å². The minimum Gasteiger partial charge on any atom is -0.493 e. The lowest BCUT2D eigenvalue weighted by Crippen LogP contribution is -2.06. The van der Waals surface area contributed by atoms with Gasteiger partial charge in [-0.15, -0.1) is 0 Å². The Hall–Kier alpha value is -2.34. The van der Waals surface area contributed by atoms with Crippen LogP contribution in [0.3, 0.4) is 0 Å². The number of halogens is 1. The number of hydrogen-bond donors (Lipinski definition) is 0. The summed E-state index contributed by atoms with van der Waals surface area (Å²) in [6.45, 7) is 0.0786. The Morgan fingerprint density at radius 3 is 2.26 bits per heavy atom. The Morgan fingerprint density at radius 2 is 1.70 bits per heavy atom. The van der Waals surface area contributed by atoms with Crippen LogP contribution in [0, 0.1) is 0 Å². The van der Waals surface area contributed by atoms with Crippen molar-refractivity contribution in [1.82, 2.24) is 0 Å². The Bertz CT molecular complexity index is 710. The number of methoxy groups -OCH3 is 2. The maximum atomic E-state index is 12.0. The fourth-order valence-corrected chi connectivity index (χ4v) is 2.37. The van der Waals surface area contributed by atoms with E-state index < -0.39 is 5.97 Å². The molecule has 0 aliphatic rings. The molecule has 0 unspecified atom stereocenters. The number of aldehydes is 1. The van der Waals surface area contributed by atoms with Gasteiger partial charge in [0.1, 0.15) is 12.9 Å². The fraction of sp³-hybridized carbons (Fsp3) is 0.176. The maximum absolute atomic E-state index is 12.0. The van der Waals surface area contributed by atoms with Crippen molar-refractivity contribution in [1.29, 1.82) is 0 Å². The zero-order chi connectivity index (χ0) is 16.8. The fourth-order valence-electron chi connectivity index (χ4n) is 1.93. The normalized spacial score (nSPS) is 10.0. The molecule has 0 aliphatic heterocycles. The van der Waals surface area contributed by atoms with Gasteiger partial charge in [0.2, 0.25) is 0 Å².